The lowest BCUT2D eigenvalue weighted by Crippen LogP contribution is -2.38. The number of rotatable bonds is 5. The molecule has 1 aromatic heterocycles. The summed E-state index contributed by atoms with van der Waals surface area (Å²) in [4.78, 5) is 25.9. The molecule has 4 nitrogen and oxygen atoms in total. The number of fused-ring (bicyclic) bond motifs is 1. The van der Waals surface area contributed by atoms with E-state index in [1.807, 2.05) is 11.8 Å². The van der Waals surface area contributed by atoms with Crippen molar-refractivity contribution in [1.29, 1.82) is 0 Å². The maximum Gasteiger partial charge on any atom is 0.336 e. The highest BCUT2D eigenvalue weighted by molar-refractivity contribution is 5.97. The van der Waals surface area contributed by atoms with E-state index in [1.165, 1.54) is 25.3 Å². The Bertz CT molecular complexity index is 572. The molecule has 0 N–H and O–H groups in total. The first-order chi connectivity index (χ1) is 9.69. The minimum absolute atomic E-state index is 0.0268. The molecule has 20 heavy (non-hydrogen) atoms. The van der Waals surface area contributed by atoms with Crippen molar-refractivity contribution in [2.75, 3.05) is 13.1 Å². The van der Waals surface area contributed by atoms with Crippen LogP contribution in [-0.2, 0) is 12.8 Å². The second kappa shape index (κ2) is 5.43. The van der Waals surface area contributed by atoms with Crippen LogP contribution in [0.15, 0.2) is 15.3 Å². The largest absolute Gasteiger partial charge is 0.427 e. The Balaban J connectivity index is 1.85. The van der Waals surface area contributed by atoms with Crippen LogP contribution in [0.2, 0.25) is 0 Å². The van der Waals surface area contributed by atoms with Crippen LogP contribution in [0.1, 0.15) is 54.3 Å². The lowest BCUT2D eigenvalue weighted by molar-refractivity contribution is 0.0735. The molecule has 0 saturated heterocycles. The van der Waals surface area contributed by atoms with E-state index in [0.717, 1.165) is 24.3 Å². The quantitative estimate of drug-likeness (QED) is 0.829. The SMILES string of the molecule is CCN1CCc2oc(=O)cc(CCCC3CC3)c2C1=O. The first kappa shape index (κ1) is 13.4. The summed E-state index contributed by atoms with van der Waals surface area (Å²) >= 11 is 0. The van der Waals surface area contributed by atoms with Gasteiger partial charge in [0.25, 0.3) is 5.91 Å². The van der Waals surface area contributed by atoms with Crippen molar-refractivity contribution in [3.05, 3.63) is 33.4 Å². The van der Waals surface area contributed by atoms with Gasteiger partial charge >= 0.3 is 5.63 Å². The van der Waals surface area contributed by atoms with Gasteiger partial charge in [0, 0.05) is 25.6 Å². The predicted molar refractivity (Wildman–Crippen MR) is 75.9 cm³/mol. The number of amides is 1. The summed E-state index contributed by atoms with van der Waals surface area (Å²) in [5, 5.41) is 0. The molecule has 0 unspecified atom stereocenters. The van der Waals surface area contributed by atoms with Gasteiger partial charge in [-0.05, 0) is 31.2 Å². The van der Waals surface area contributed by atoms with E-state index >= 15 is 0 Å². The number of hydrogen-bond acceptors (Lipinski definition) is 3. The van der Waals surface area contributed by atoms with E-state index in [4.69, 9.17) is 4.42 Å². The van der Waals surface area contributed by atoms with Crippen molar-refractivity contribution in [2.24, 2.45) is 5.92 Å². The van der Waals surface area contributed by atoms with Gasteiger partial charge in [0.15, 0.2) is 0 Å². The normalized spacial score (nSPS) is 18.2. The minimum Gasteiger partial charge on any atom is -0.427 e. The van der Waals surface area contributed by atoms with Crippen molar-refractivity contribution in [3.63, 3.8) is 0 Å². The number of carbonyl (C=O) groups excluding carboxylic acids is 1. The van der Waals surface area contributed by atoms with Crippen LogP contribution in [0.5, 0.6) is 0 Å². The van der Waals surface area contributed by atoms with E-state index in [9.17, 15) is 9.59 Å². The van der Waals surface area contributed by atoms with Crippen molar-refractivity contribution in [2.45, 2.75) is 45.4 Å². The third kappa shape index (κ3) is 2.65. The third-order valence-corrected chi connectivity index (χ3v) is 4.36. The van der Waals surface area contributed by atoms with E-state index in [-0.39, 0.29) is 11.5 Å². The molecule has 1 aromatic rings. The molecule has 4 heteroatoms. The summed E-state index contributed by atoms with van der Waals surface area (Å²) in [6.07, 6.45) is 6.42. The number of carbonyl (C=O) groups is 1. The molecule has 1 aliphatic heterocycles. The molecule has 1 fully saturated rings. The molecule has 108 valence electrons. The second-order valence-electron chi connectivity index (χ2n) is 5.86. The Hall–Kier alpha value is -1.58. The van der Waals surface area contributed by atoms with E-state index in [0.29, 0.717) is 30.8 Å². The van der Waals surface area contributed by atoms with Gasteiger partial charge in [-0.25, -0.2) is 4.79 Å². The number of nitrogens with zero attached hydrogens (tertiary/aromatic N) is 1. The fourth-order valence-corrected chi connectivity index (χ4v) is 3.01. The van der Waals surface area contributed by atoms with Crippen molar-refractivity contribution >= 4 is 5.91 Å². The van der Waals surface area contributed by atoms with Gasteiger partial charge in [0.1, 0.15) is 5.76 Å². The molecule has 1 aliphatic carbocycles. The van der Waals surface area contributed by atoms with Gasteiger partial charge < -0.3 is 9.32 Å². The Morgan fingerprint density at radius 1 is 1.35 bits per heavy atom. The zero-order chi connectivity index (χ0) is 14.1. The van der Waals surface area contributed by atoms with Crippen molar-refractivity contribution in [3.8, 4) is 0 Å². The molecule has 0 bridgehead atoms. The smallest absolute Gasteiger partial charge is 0.336 e. The van der Waals surface area contributed by atoms with E-state index in [2.05, 4.69) is 0 Å². The summed E-state index contributed by atoms with van der Waals surface area (Å²) in [7, 11) is 0. The van der Waals surface area contributed by atoms with Gasteiger partial charge in [0.2, 0.25) is 0 Å². The topological polar surface area (TPSA) is 50.5 Å². The van der Waals surface area contributed by atoms with Gasteiger partial charge in [-0.2, -0.15) is 0 Å². The molecule has 0 aromatic carbocycles. The van der Waals surface area contributed by atoms with Gasteiger partial charge in [-0.1, -0.05) is 19.3 Å². The monoisotopic (exact) mass is 275 g/mol. The molecular formula is C16H21NO3. The molecule has 1 saturated carbocycles. The molecule has 0 spiro atoms. The highest BCUT2D eigenvalue weighted by Crippen LogP contribution is 2.34. The highest BCUT2D eigenvalue weighted by atomic mass is 16.4. The zero-order valence-electron chi connectivity index (χ0n) is 12.0. The minimum atomic E-state index is -0.317. The molecule has 1 amide bonds. The zero-order valence-corrected chi connectivity index (χ0v) is 12.0. The second-order valence-corrected chi connectivity index (χ2v) is 5.86. The van der Waals surface area contributed by atoms with Gasteiger partial charge in [-0.3, -0.25) is 4.79 Å². The highest BCUT2D eigenvalue weighted by Gasteiger charge is 2.28. The number of aryl methyl sites for hydroxylation is 1. The van der Waals surface area contributed by atoms with Crippen molar-refractivity contribution in [1.82, 2.24) is 4.90 Å². The maximum absolute atomic E-state index is 12.5. The fraction of sp³-hybridized carbons (Fsp3) is 0.625. The summed E-state index contributed by atoms with van der Waals surface area (Å²) in [5.41, 5.74) is 1.23. The lowest BCUT2D eigenvalue weighted by Gasteiger charge is -2.27. The molecule has 0 radical (unpaired) electrons. The first-order valence-electron chi connectivity index (χ1n) is 7.64. The van der Waals surface area contributed by atoms with Crippen LogP contribution in [0.4, 0.5) is 0 Å². The lowest BCUT2D eigenvalue weighted by atomic mass is 9.96. The Labute approximate surface area is 118 Å². The number of likely N-dealkylation sites (N-methyl/N-ethyl adjacent to an activating group) is 1. The van der Waals surface area contributed by atoms with Crippen LogP contribution in [0.3, 0.4) is 0 Å². The molecular weight excluding hydrogens is 254 g/mol. The summed E-state index contributed by atoms with van der Waals surface area (Å²) in [6.45, 7) is 3.34. The van der Waals surface area contributed by atoms with Gasteiger partial charge in [0.05, 0.1) is 5.56 Å². The molecule has 2 aliphatic rings. The fourth-order valence-electron chi connectivity index (χ4n) is 3.01. The summed E-state index contributed by atoms with van der Waals surface area (Å²) < 4.78 is 5.24. The molecule has 2 heterocycles. The Morgan fingerprint density at radius 2 is 2.15 bits per heavy atom. The Kier molecular flexibility index (Phi) is 3.64. The van der Waals surface area contributed by atoms with Crippen LogP contribution in [0.25, 0.3) is 0 Å². The Morgan fingerprint density at radius 3 is 2.85 bits per heavy atom. The first-order valence-corrected chi connectivity index (χ1v) is 7.64. The average Bonchev–Trinajstić information content (AvgIpc) is 3.22. The molecule has 3 rings (SSSR count). The maximum atomic E-state index is 12.5. The van der Waals surface area contributed by atoms with Crippen LogP contribution in [0, 0.1) is 5.92 Å². The van der Waals surface area contributed by atoms with Crippen LogP contribution in [-0.4, -0.2) is 23.9 Å². The third-order valence-electron chi connectivity index (χ3n) is 4.36. The van der Waals surface area contributed by atoms with E-state index < -0.39 is 0 Å². The van der Waals surface area contributed by atoms with Crippen LogP contribution < -0.4 is 5.63 Å². The molecule has 0 atom stereocenters. The van der Waals surface area contributed by atoms with Gasteiger partial charge in [-0.15, -0.1) is 0 Å². The summed E-state index contributed by atoms with van der Waals surface area (Å²) in [6, 6.07) is 1.52. The number of hydrogen-bond donors (Lipinski definition) is 0. The van der Waals surface area contributed by atoms with E-state index in [1.54, 1.807) is 0 Å². The van der Waals surface area contributed by atoms with Crippen LogP contribution >= 0.6 is 0 Å². The van der Waals surface area contributed by atoms with Crippen molar-refractivity contribution < 1.29 is 9.21 Å². The summed E-state index contributed by atoms with van der Waals surface area (Å²) in [5.74, 6) is 1.50. The average molecular weight is 275 g/mol. The predicted octanol–water partition coefficient (Wildman–Crippen LogP) is 2.39. The standard InChI is InChI=1S/C16H21NO3/c1-2-17-9-8-13-15(16(17)19)12(10-14(18)20-13)5-3-4-11-6-7-11/h10-11H,2-9H2,1H3.